The molecule has 22 heteroatoms. The summed E-state index contributed by atoms with van der Waals surface area (Å²) in [6, 6.07) is -2.73. The fourth-order valence-electron chi connectivity index (χ4n) is 9.80. The zero-order valence-corrected chi connectivity index (χ0v) is 33.6. The standard InChI is InChI=1S/C34H63N13O7S2/c35-18-1-11-26(24(37)15-18)44-40-20-3-7-22(8-4-20)42-46-32-28(55-54-53-49)13-17-14-29(56(50,51)52)33(34(48)30(17)31(32)39)47-43-23-9-5-21(6-10-23)41-45-27-12-2-19(36)16-25(27)38/h17-34,48-49H,1-16,35-39H2,(H,50,51,52). The summed E-state index contributed by atoms with van der Waals surface area (Å²) in [5.41, 5.74) is 31.4. The largest absolute Gasteiger partial charge is 0.390 e. The van der Waals surface area contributed by atoms with Crippen molar-refractivity contribution in [3.63, 3.8) is 0 Å². The summed E-state index contributed by atoms with van der Waals surface area (Å²) in [7, 11) is -4.63. The van der Waals surface area contributed by atoms with Gasteiger partial charge in [-0.15, -0.1) is 4.33 Å². The second-order valence-electron chi connectivity index (χ2n) is 17.1. The van der Waals surface area contributed by atoms with E-state index in [9.17, 15) is 18.1 Å². The molecule has 0 aromatic carbocycles. The maximum Gasteiger partial charge on any atom is 0.270 e. The summed E-state index contributed by atoms with van der Waals surface area (Å²) >= 11 is 0.811. The Morgan fingerprint density at radius 3 is 1.45 bits per heavy atom. The van der Waals surface area contributed by atoms with Crippen molar-refractivity contribution in [2.75, 3.05) is 0 Å². The lowest BCUT2D eigenvalue weighted by molar-refractivity contribution is -0.432. The third-order valence-electron chi connectivity index (χ3n) is 13.2. The maximum atomic E-state index is 12.7. The van der Waals surface area contributed by atoms with Gasteiger partial charge in [-0.2, -0.15) is 49.3 Å². The Kier molecular flexibility index (Phi) is 15.7. The first kappa shape index (κ1) is 43.9. The number of aliphatic hydroxyl groups is 1. The molecule has 20 nitrogen and oxygen atoms in total. The molecule has 0 amide bonds. The van der Waals surface area contributed by atoms with Gasteiger partial charge in [-0.3, -0.25) is 4.55 Å². The Morgan fingerprint density at radius 1 is 0.571 bits per heavy atom. The zero-order valence-electron chi connectivity index (χ0n) is 32.0. The number of fused-ring (bicyclic) bond motifs is 1. The van der Waals surface area contributed by atoms with Gasteiger partial charge in [0.15, 0.2) is 0 Å². The van der Waals surface area contributed by atoms with E-state index >= 15 is 0 Å². The smallest absolute Gasteiger partial charge is 0.270 e. The van der Waals surface area contributed by atoms with Crippen LogP contribution in [-0.4, -0.2) is 118 Å². The molecule has 0 bridgehead atoms. The van der Waals surface area contributed by atoms with Gasteiger partial charge in [0.1, 0.15) is 17.3 Å². The van der Waals surface area contributed by atoms with Gasteiger partial charge in [-0.25, -0.2) is 5.26 Å². The lowest BCUT2D eigenvalue weighted by Crippen LogP contribution is -2.63. The van der Waals surface area contributed by atoms with E-state index in [2.05, 4.69) is 40.8 Å². The molecular weight excluding hydrogens is 767 g/mol. The minimum atomic E-state index is -4.63. The van der Waals surface area contributed by atoms with Gasteiger partial charge in [-0.05, 0) is 109 Å². The fraction of sp³-hybridized carbons (Fsp3) is 1.00. The summed E-state index contributed by atoms with van der Waals surface area (Å²) in [5, 5.41) is 59.4. The normalized spacial score (nSPS) is 45.9. The van der Waals surface area contributed by atoms with Gasteiger partial charge < -0.3 is 33.8 Å². The minimum absolute atomic E-state index is 0.00260. The van der Waals surface area contributed by atoms with Crippen molar-refractivity contribution in [3.05, 3.63) is 0 Å². The number of nitrogens with two attached hydrogens (primary N) is 5. The molecular formula is C34H63N13O7S2. The van der Waals surface area contributed by atoms with Gasteiger partial charge in [0.25, 0.3) is 10.1 Å². The quantitative estimate of drug-likeness (QED) is 0.0462. The third-order valence-corrected chi connectivity index (χ3v) is 15.2. The van der Waals surface area contributed by atoms with E-state index in [4.69, 9.17) is 43.4 Å². The van der Waals surface area contributed by atoms with Crippen LogP contribution < -0.4 is 28.7 Å². The summed E-state index contributed by atoms with van der Waals surface area (Å²) in [5.74, 6) is -1.06. The lowest BCUT2D eigenvalue weighted by Gasteiger charge is -2.50. The van der Waals surface area contributed by atoms with Crippen molar-refractivity contribution in [2.24, 2.45) is 81.4 Å². The number of hydrogen-bond donors (Lipinski definition) is 8. The number of nitrogens with zero attached hydrogens (tertiary/aromatic N) is 8. The van der Waals surface area contributed by atoms with E-state index in [0.29, 0.717) is 19.3 Å². The predicted octanol–water partition coefficient (Wildman–Crippen LogP) is 2.99. The van der Waals surface area contributed by atoms with E-state index in [1.807, 2.05) is 0 Å². The molecule has 6 saturated carbocycles. The van der Waals surface area contributed by atoms with Crippen molar-refractivity contribution in [1.29, 1.82) is 0 Å². The zero-order chi connectivity index (χ0) is 40.0. The van der Waals surface area contributed by atoms with Crippen LogP contribution in [0.1, 0.15) is 103 Å². The van der Waals surface area contributed by atoms with Gasteiger partial charge in [0.05, 0.1) is 47.6 Å². The molecule has 6 rings (SSSR count). The van der Waals surface area contributed by atoms with Crippen LogP contribution in [0.4, 0.5) is 0 Å². The molecule has 0 heterocycles. The molecule has 13 N–H and O–H groups in total. The van der Waals surface area contributed by atoms with E-state index in [1.54, 1.807) is 0 Å². The minimum Gasteiger partial charge on any atom is -0.390 e. The van der Waals surface area contributed by atoms with Gasteiger partial charge in [-0.1, -0.05) is 5.04 Å². The van der Waals surface area contributed by atoms with E-state index in [1.165, 1.54) is 0 Å². The lowest BCUT2D eigenvalue weighted by atomic mass is 9.64. The Balaban J connectivity index is 1.07. The van der Waals surface area contributed by atoms with Crippen molar-refractivity contribution in [2.45, 2.75) is 198 Å². The summed E-state index contributed by atoms with van der Waals surface area (Å²) < 4.78 is 40.6. The summed E-state index contributed by atoms with van der Waals surface area (Å²) in [6.07, 6.45) is 9.85. The van der Waals surface area contributed by atoms with E-state index < -0.39 is 56.7 Å². The molecule has 318 valence electrons. The average Bonchev–Trinajstić information content (AvgIpc) is 3.16. The van der Waals surface area contributed by atoms with Gasteiger partial charge in [0, 0.05) is 48.2 Å². The van der Waals surface area contributed by atoms with Crippen LogP contribution in [0.15, 0.2) is 40.9 Å². The Hall–Kier alpha value is -1.70. The molecule has 14 atom stereocenters. The van der Waals surface area contributed by atoms with E-state index in [0.717, 1.165) is 89.1 Å². The monoisotopic (exact) mass is 829 g/mol. The number of rotatable bonds is 12. The first-order chi connectivity index (χ1) is 26.8. The van der Waals surface area contributed by atoms with Crippen LogP contribution in [0.3, 0.4) is 0 Å². The topological polar surface area (TPSA) is 342 Å². The Labute approximate surface area is 333 Å². The highest BCUT2D eigenvalue weighted by Crippen LogP contribution is 2.47. The molecule has 0 spiro atoms. The van der Waals surface area contributed by atoms with Crippen LogP contribution in [0, 0.1) is 11.8 Å². The Morgan fingerprint density at radius 2 is 1.02 bits per heavy atom. The fourth-order valence-corrected chi connectivity index (χ4v) is 11.7. The summed E-state index contributed by atoms with van der Waals surface area (Å²) in [6.45, 7) is 0. The number of azo groups is 4. The highest BCUT2D eigenvalue weighted by molar-refractivity contribution is 7.95. The number of aliphatic hydroxyl groups excluding tert-OH is 1. The second kappa shape index (κ2) is 20.0. The van der Waals surface area contributed by atoms with Gasteiger partial charge >= 0.3 is 0 Å². The third kappa shape index (κ3) is 11.3. The molecule has 6 aliphatic carbocycles. The SMILES string of the molecule is NC1CCC(N=NC2CCC(N=NC3C(SOOO)CC4CC(S(=O)(=O)O)C(N=NC5CCC(N=NC6CCC(N)CC6N)CC5)C(O)C4C3N)CC2)C(N)C1. The van der Waals surface area contributed by atoms with Crippen molar-refractivity contribution in [3.8, 4) is 0 Å². The first-order valence-electron chi connectivity index (χ1n) is 20.5. The van der Waals surface area contributed by atoms with Crippen LogP contribution >= 0.6 is 12.0 Å². The Bertz CT molecular complexity index is 1480. The van der Waals surface area contributed by atoms with Crippen molar-refractivity contribution < 1.29 is 32.7 Å². The highest BCUT2D eigenvalue weighted by atomic mass is 32.2. The highest BCUT2D eigenvalue weighted by Gasteiger charge is 2.56. The maximum absolute atomic E-state index is 12.7. The predicted molar refractivity (Wildman–Crippen MR) is 208 cm³/mol. The first-order valence-corrected chi connectivity index (χ1v) is 22.8. The van der Waals surface area contributed by atoms with Crippen LogP contribution in [0.25, 0.3) is 0 Å². The molecule has 0 saturated heterocycles. The van der Waals surface area contributed by atoms with Crippen molar-refractivity contribution >= 4 is 22.2 Å². The van der Waals surface area contributed by atoms with Gasteiger partial charge in [0.2, 0.25) is 0 Å². The molecule has 14 unspecified atom stereocenters. The molecule has 0 radical (unpaired) electrons. The molecule has 0 aromatic heterocycles. The number of hydrogen-bond acceptors (Lipinski definition) is 20. The molecule has 0 aromatic rings. The van der Waals surface area contributed by atoms with Crippen LogP contribution in [0.2, 0.25) is 0 Å². The summed E-state index contributed by atoms with van der Waals surface area (Å²) in [4.78, 5) is 0. The van der Waals surface area contributed by atoms with Crippen LogP contribution in [0.5, 0.6) is 0 Å². The van der Waals surface area contributed by atoms with E-state index in [-0.39, 0.29) is 66.8 Å². The molecule has 0 aliphatic heterocycles. The van der Waals surface area contributed by atoms with Crippen LogP contribution in [-0.2, 0) is 19.5 Å². The average molecular weight is 830 g/mol. The second-order valence-corrected chi connectivity index (χ2v) is 19.7. The molecule has 56 heavy (non-hydrogen) atoms. The van der Waals surface area contributed by atoms with Crippen molar-refractivity contribution in [1.82, 2.24) is 0 Å². The molecule has 6 fully saturated rings. The molecule has 6 aliphatic rings.